The van der Waals surface area contributed by atoms with Gasteiger partial charge in [0, 0.05) is 0 Å². The molecule has 0 aliphatic heterocycles. The van der Waals surface area contributed by atoms with Crippen LogP contribution in [0.15, 0.2) is 18.2 Å². The van der Waals surface area contributed by atoms with Crippen molar-refractivity contribution in [2.75, 3.05) is 0 Å². The summed E-state index contributed by atoms with van der Waals surface area (Å²) >= 11 is 5.90. The van der Waals surface area contributed by atoms with Crippen LogP contribution in [0.3, 0.4) is 0 Å². The van der Waals surface area contributed by atoms with Crippen molar-refractivity contribution in [2.24, 2.45) is 0 Å². The molecular weight excluding hydrogens is 216 g/mol. The first kappa shape index (κ1) is 11.9. The Kier molecular flexibility index (Phi) is 3.97. The molecule has 1 rings (SSSR count). The van der Waals surface area contributed by atoms with E-state index in [-0.39, 0.29) is 12.5 Å². The zero-order valence-corrected chi connectivity index (χ0v) is 9.41. The lowest BCUT2D eigenvalue weighted by Crippen LogP contribution is -2.16. The molecule has 0 radical (unpaired) electrons. The number of aryl methyl sites for hydroxylation is 1. The Labute approximate surface area is 93.6 Å². The summed E-state index contributed by atoms with van der Waals surface area (Å²) in [5.74, 6) is -0.350. The number of rotatable bonds is 4. The summed E-state index contributed by atoms with van der Waals surface area (Å²) < 4.78 is 5.42. The van der Waals surface area contributed by atoms with Gasteiger partial charge in [0.05, 0.1) is 11.4 Å². The van der Waals surface area contributed by atoms with Crippen molar-refractivity contribution in [3.05, 3.63) is 28.8 Å². The highest BCUT2D eigenvalue weighted by Gasteiger charge is 2.11. The molecule has 1 aromatic rings. The van der Waals surface area contributed by atoms with Crippen LogP contribution in [-0.4, -0.2) is 17.2 Å². The van der Waals surface area contributed by atoms with E-state index in [0.29, 0.717) is 10.8 Å². The van der Waals surface area contributed by atoms with Crippen molar-refractivity contribution in [2.45, 2.75) is 26.4 Å². The van der Waals surface area contributed by atoms with Crippen molar-refractivity contribution in [3.63, 3.8) is 0 Å². The van der Waals surface area contributed by atoms with Crippen molar-refractivity contribution in [1.82, 2.24) is 0 Å². The first-order chi connectivity index (χ1) is 6.99. The maximum atomic E-state index is 10.4. The molecule has 1 N–H and O–H groups in total. The lowest BCUT2D eigenvalue weighted by Gasteiger charge is -2.14. The fraction of sp³-hybridized carbons (Fsp3) is 0.364. The van der Waals surface area contributed by atoms with Crippen LogP contribution in [0.4, 0.5) is 0 Å². The Morgan fingerprint density at radius 1 is 1.60 bits per heavy atom. The van der Waals surface area contributed by atoms with Gasteiger partial charge in [-0.2, -0.15) is 0 Å². The Morgan fingerprint density at radius 3 is 2.87 bits per heavy atom. The molecule has 0 saturated carbocycles. The number of hydrogen-bond acceptors (Lipinski definition) is 2. The molecular formula is C11H13ClO3. The number of halogens is 1. The van der Waals surface area contributed by atoms with Gasteiger partial charge in [-0.15, -0.1) is 0 Å². The molecule has 0 bridgehead atoms. The number of hydrogen-bond donors (Lipinski definition) is 1. The van der Waals surface area contributed by atoms with Gasteiger partial charge in [0.1, 0.15) is 11.9 Å². The molecule has 0 aromatic heterocycles. The number of aliphatic carboxylic acids is 1. The van der Waals surface area contributed by atoms with Gasteiger partial charge in [-0.25, -0.2) is 0 Å². The summed E-state index contributed by atoms with van der Waals surface area (Å²) in [5, 5.41) is 9.07. The van der Waals surface area contributed by atoms with E-state index in [4.69, 9.17) is 21.4 Å². The first-order valence-electron chi connectivity index (χ1n) is 4.63. The number of ether oxygens (including phenoxy) is 1. The summed E-state index contributed by atoms with van der Waals surface area (Å²) in [4.78, 5) is 10.4. The zero-order valence-electron chi connectivity index (χ0n) is 8.66. The standard InChI is InChI=1S/C11H13ClO3/c1-7-3-4-9(12)10(5-7)15-8(2)6-11(13)14/h3-5,8H,6H2,1-2H3,(H,13,14)/t8-/m0/s1. The molecule has 3 nitrogen and oxygen atoms in total. The van der Waals surface area contributed by atoms with E-state index in [0.717, 1.165) is 5.56 Å². The minimum Gasteiger partial charge on any atom is -0.489 e. The molecule has 0 aliphatic rings. The van der Waals surface area contributed by atoms with Gasteiger partial charge in [-0.3, -0.25) is 4.79 Å². The van der Waals surface area contributed by atoms with Crippen molar-refractivity contribution < 1.29 is 14.6 Å². The van der Waals surface area contributed by atoms with Gasteiger partial charge in [-0.1, -0.05) is 17.7 Å². The highest BCUT2D eigenvalue weighted by Crippen LogP contribution is 2.26. The molecule has 82 valence electrons. The van der Waals surface area contributed by atoms with Gasteiger partial charge >= 0.3 is 5.97 Å². The third-order valence-corrected chi connectivity index (χ3v) is 2.19. The van der Waals surface area contributed by atoms with Crippen LogP contribution in [-0.2, 0) is 4.79 Å². The average molecular weight is 229 g/mol. The highest BCUT2D eigenvalue weighted by molar-refractivity contribution is 6.32. The Balaban J connectivity index is 2.71. The smallest absolute Gasteiger partial charge is 0.307 e. The quantitative estimate of drug-likeness (QED) is 0.862. The van der Waals surface area contributed by atoms with Crippen molar-refractivity contribution in [1.29, 1.82) is 0 Å². The van der Waals surface area contributed by atoms with Gasteiger partial charge in [-0.05, 0) is 31.5 Å². The summed E-state index contributed by atoms with van der Waals surface area (Å²) in [6.45, 7) is 3.62. The molecule has 0 aliphatic carbocycles. The van der Waals surface area contributed by atoms with E-state index in [1.807, 2.05) is 13.0 Å². The van der Waals surface area contributed by atoms with E-state index >= 15 is 0 Å². The summed E-state index contributed by atoms with van der Waals surface area (Å²) in [6.07, 6.45) is -0.425. The van der Waals surface area contributed by atoms with Crippen LogP contribution in [0.25, 0.3) is 0 Å². The summed E-state index contributed by atoms with van der Waals surface area (Å²) in [5.41, 5.74) is 1.02. The zero-order chi connectivity index (χ0) is 11.4. The van der Waals surface area contributed by atoms with Crippen LogP contribution >= 0.6 is 11.6 Å². The van der Waals surface area contributed by atoms with Crippen LogP contribution in [0.1, 0.15) is 18.9 Å². The van der Waals surface area contributed by atoms with E-state index in [9.17, 15) is 4.79 Å². The Morgan fingerprint density at radius 2 is 2.27 bits per heavy atom. The molecule has 0 fully saturated rings. The maximum Gasteiger partial charge on any atom is 0.307 e. The van der Waals surface area contributed by atoms with Gasteiger partial charge in [0.25, 0.3) is 0 Å². The number of carbonyl (C=O) groups is 1. The van der Waals surface area contributed by atoms with Crippen LogP contribution < -0.4 is 4.74 Å². The second-order valence-corrected chi connectivity index (χ2v) is 3.87. The fourth-order valence-corrected chi connectivity index (χ4v) is 1.37. The molecule has 0 unspecified atom stereocenters. The normalized spacial score (nSPS) is 12.2. The minimum absolute atomic E-state index is 0.0374. The second-order valence-electron chi connectivity index (χ2n) is 3.46. The molecule has 0 saturated heterocycles. The van der Waals surface area contributed by atoms with Crippen molar-refractivity contribution in [3.8, 4) is 5.75 Å². The number of carboxylic acids is 1. The van der Waals surface area contributed by atoms with Gasteiger partial charge < -0.3 is 9.84 Å². The SMILES string of the molecule is Cc1ccc(Cl)c(O[C@@H](C)CC(=O)O)c1. The molecule has 1 aromatic carbocycles. The van der Waals surface area contributed by atoms with Crippen LogP contribution in [0.2, 0.25) is 5.02 Å². The molecule has 0 heterocycles. The Bertz CT molecular complexity index is 363. The lowest BCUT2D eigenvalue weighted by atomic mass is 10.2. The van der Waals surface area contributed by atoms with E-state index < -0.39 is 5.97 Å². The van der Waals surface area contributed by atoms with Gasteiger partial charge in [0.2, 0.25) is 0 Å². The number of benzene rings is 1. The van der Waals surface area contributed by atoms with E-state index in [2.05, 4.69) is 0 Å². The third kappa shape index (κ3) is 3.80. The van der Waals surface area contributed by atoms with E-state index in [1.54, 1.807) is 19.1 Å². The highest BCUT2D eigenvalue weighted by atomic mass is 35.5. The number of carboxylic acid groups (broad SMARTS) is 1. The summed E-state index contributed by atoms with van der Waals surface area (Å²) in [6, 6.07) is 5.40. The van der Waals surface area contributed by atoms with Crippen molar-refractivity contribution >= 4 is 17.6 Å². The van der Waals surface area contributed by atoms with E-state index in [1.165, 1.54) is 0 Å². The molecule has 4 heteroatoms. The van der Waals surface area contributed by atoms with Crippen LogP contribution in [0.5, 0.6) is 5.75 Å². The third-order valence-electron chi connectivity index (χ3n) is 1.88. The molecule has 0 amide bonds. The molecule has 0 spiro atoms. The predicted molar refractivity (Wildman–Crippen MR) is 58.5 cm³/mol. The first-order valence-corrected chi connectivity index (χ1v) is 5.01. The molecule has 15 heavy (non-hydrogen) atoms. The largest absolute Gasteiger partial charge is 0.489 e. The average Bonchev–Trinajstić information content (AvgIpc) is 2.10. The summed E-state index contributed by atoms with van der Waals surface area (Å²) in [7, 11) is 0. The Hall–Kier alpha value is -1.22. The van der Waals surface area contributed by atoms with Gasteiger partial charge in [0.15, 0.2) is 0 Å². The molecule has 1 atom stereocenters. The fourth-order valence-electron chi connectivity index (χ4n) is 1.21. The topological polar surface area (TPSA) is 46.5 Å². The maximum absolute atomic E-state index is 10.4. The predicted octanol–water partition coefficient (Wildman–Crippen LogP) is 2.89. The monoisotopic (exact) mass is 228 g/mol. The lowest BCUT2D eigenvalue weighted by molar-refractivity contribution is -0.138. The minimum atomic E-state index is -0.883. The van der Waals surface area contributed by atoms with Crippen LogP contribution in [0, 0.1) is 6.92 Å². The second kappa shape index (κ2) is 5.03.